The van der Waals surface area contributed by atoms with Crippen LogP contribution in [0.5, 0.6) is 0 Å². The summed E-state index contributed by atoms with van der Waals surface area (Å²) < 4.78 is 0. The first-order chi connectivity index (χ1) is 8.17. The summed E-state index contributed by atoms with van der Waals surface area (Å²) in [5.41, 5.74) is 5.53. The number of thiophene rings is 1. The number of carbonyl (C=O) groups excluding carboxylic acids is 1. The van der Waals surface area contributed by atoms with Gasteiger partial charge in [-0.3, -0.25) is 4.79 Å². The van der Waals surface area contributed by atoms with Crippen LogP contribution in [0, 0.1) is 5.92 Å². The van der Waals surface area contributed by atoms with Crippen molar-refractivity contribution in [3.05, 3.63) is 22.4 Å². The molecule has 1 amide bonds. The molecule has 1 aromatic rings. The molecule has 1 rings (SSSR count). The van der Waals surface area contributed by atoms with E-state index in [0.29, 0.717) is 13.0 Å². The maximum absolute atomic E-state index is 11.8. The number of carbonyl (C=O) groups is 1. The highest BCUT2D eigenvalue weighted by Crippen LogP contribution is 2.23. The quantitative estimate of drug-likeness (QED) is 0.786. The lowest BCUT2D eigenvalue weighted by Gasteiger charge is -2.18. The van der Waals surface area contributed by atoms with Crippen LogP contribution in [0.25, 0.3) is 0 Å². The van der Waals surface area contributed by atoms with Gasteiger partial charge in [0, 0.05) is 11.3 Å². The summed E-state index contributed by atoms with van der Waals surface area (Å²) in [7, 11) is 0. The average Bonchev–Trinajstić information content (AvgIpc) is 2.81. The number of nitrogens with one attached hydrogen (secondary N) is 1. The summed E-state index contributed by atoms with van der Waals surface area (Å²) in [6.07, 6.45) is 2.57. The van der Waals surface area contributed by atoms with Crippen molar-refractivity contribution in [3.8, 4) is 0 Å². The molecule has 0 spiro atoms. The summed E-state index contributed by atoms with van der Waals surface area (Å²) in [6.45, 7) is 4.69. The molecule has 0 saturated carbocycles. The predicted octanol–water partition coefficient (Wildman–Crippen LogP) is 2.69. The number of hydrogen-bond donors (Lipinski definition) is 2. The first-order valence-electron chi connectivity index (χ1n) is 6.20. The second-order valence-corrected chi connectivity index (χ2v) is 5.45. The van der Waals surface area contributed by atoms with Gasteiger partial charge < -0.3 is 11.1 Å². The zero-order valence-corrected chi connectivity index (χ0v) is 11.4. The van der Waals surface area contributed by atoms with Gasteiger partial charge in [-0.25, -0.2) is 0 Å². The minimum Gasteiger partial charge on any atom is -0.348 e. The van der Waals surface area contributed by atoms with E-state index < -0.39 is 0 Å². The van der Waals surface area contributed by atoms with E-state index in [-0.39, 0.29) is 17.9 Å². The molecule has 4 heteroatoms. The van der Waals surface area contributed by atoms with Crippen LogP contribution in [0.1, 0.15) is 44.0 Å². The Morgan fingerprint density at radius 3 is 2.88 bits per heavy atom. The zero-order chi connectivity index (χ0) is 12.7. The Morgan fingerprint density at radius 2 is 2.35 bits per heavy atom. The van der Waals surface area contributed by atoms with E-state index in [9.17, 15) is 4.79 Å². The van der Waals surface area contributed by atoms with E-state index in [4.69, 9.17) is 5.73 Å². The smallest absolute Gasteiger partial charge is 0.220 e. The molecule has 1 heterocycles. The van der Waals surface area contributed by atoms with Gasteiger partial charge in [0.2, 0.25) is 5.91 Å². The number of amides is 1. The molecule has 3 nitrogen and oxygen atoms in total. The van der Waals surface area contributed by atoms with Crippen molar-refractivity contribution in [3.63, 3.8) is 0 Å². The zero-order valence-electron chi connectivity index (χ0n) is 10.6. The molecule has 0 aliphatic rings. The molecule has 17 heavy (non-hydrogen) atoms. The fraction of sp³-hybridized carbons (Fsp3) is 0.615. The molecular formula is C13H22N2OS. The fourth-order valence-electron chi connectivity index (χ4n) is 1.72. The summed E-state index contributed by atoms with van der Waals surface area (Å²) in [4.78, 5) is 13.1. The first kappa shape index (κ1) is 14.2. The summed E-state index contributed by atoms with van der Waals surface area (Å²) in [5, 5.41) is 5.15. The minimum absolute atomic E-state index is 0.106. The van der Waals surface area contributed by atoms with Crippen LogP contribution >= 0.6 is 11.3 Å². The van der Waals surface area contributed by atoms with E-state index in [0.717, 1.165) is 12.8 Å². The van der Waals surface area contributed by atoms with Gasteiger partial charge in [-0.15, -0.1) is 11.3 Å². The largest absolute Gasteiger partial charge is 0.348 e. The highest BCUT2D eigenvalue weighted by Gasteiger charge is 2.15. The number of hydrogen-bond acceptors (Lipinski definition) is 3. The molecular weight excluding hydrogens is 232 g/mol. The maximum atomic E-state index is 11.8. The third-order valence-corrected chi connectivity index (χ3v) is 3.72. The van der Waals surface area contributed by atoms with E-state index in [1.165, 1.54) is 4.88 Å². The van der Waals surface area contributed by atoms with Crippen molar-refractivity contribution in [1.29, 1.82) is 0 Å². The van der Waals surface area contributed by atoms with Crippen molar-refractivity contribution in [2.45, 2.75) is 39.2 Å². The molecule has 0 fully saturated rings. The molecule has 3 N–H and O–H groups in total. The summed E-state index contributed by atoms with van der Waals surface area (Å²) in [5.74, 6) is 0.357. The topological polar surface area (TPSA) is 55.1 Å². The lowest BCUT2D eigenvalue weighted by atomic mass is 10.1. The van der Waals surface area contributed by atoms with E-state index in [2.05, 4.69) is 18.3 Å². The predicted molar refractivity (Wildman–Crippen MR) is 72.9 cm³/mol. The van der Waals surface area contributed by atoms with Crippen molar-refractivity contribution in [2.75, 3.05) is 6.54 Å². The molecule has 2 atom stereocenters. The van der Waals surface area contributed by atoms with Crippen molar-refractivity contribution in [2.24, 2.45) is 11.7 Å². The fourth-order valence-corrected chi connectivity index (χ4v) is 2.53. The van der Waals surface area contributed by atoms with Gasteiger partial charge in [0.15, 0.2) is 0 Å². The lowest BCUT2D eigenvalue weighted by Crippen LogP contribution is -2.30. The molecule has 96 valence electrons. The van der Waals surface area contributed by atoms with Gasteiger partial charge in [0.25, 0.3) is 0 Å². The normalized spacial score (nSPS) is 14.3. The van der Waals surface area contributed by atoms with Crippen LogP contribution in [0.3, 0.4) is 0 Å². The second kappa shape index (κ2) is 7.45. The molecule has 0 bridgehead atoms. The van der Waals surface area contributed by atoms with E-state index in [1.54, 1.807) is 11.3 Å². The number of nitrogens with two attached hydrogens (primary N) is 1. The molecule has 0 aliphatic heterocycles. The number of rotatable bonds is 7. The van der Waals surface area contributed by atoms with E-state index in [1.807, 2.05) is 18.4 Å². The second-order valence-electron chi connectivity index (χ2n) is 4.47. The maximum Gasteiger partial charge on any atom is 0.220 e. The van der Waals surface area contributed by atoms with Gasteiger partial charge in [-0.05, 0) is 30.3 Å². The Bertz CT molecular complexity index is 324. The average molecular weight is 254 g/mol. The van der Waals surface area contributed by atoms with Gasteiger partial charge >= 0.3 is 0 Å². The van der Waals surface area contributed by atoms with Crippen LogP contribution in [-0.4, -0.2) is 12.5 Å². The Hall–Kier alpha value is -0.870. The van der Waals surface area contributed by atoms with Gasteiger partial charge in [0.1, 0.15) is 0 Å². The lowest BCUT2D eigenvalue weighted by molar-refractivity contribution is -0.122. The van der Waals surface area contributed by atoms with Crippen LogP contribution in [-0.2, 0) is 4.79 Å². The highest BCUT2D eigenvalue weighted by molar-refractivity contribution is 7.10. The summed E-state index contributed by atoms with van der Waals surface area (Å²) >= 11 is 1.70. The van der Waals surface area contributed by atoms with Gasteiger partial charge in [0.05, 0.1) is 6.04 Å². The third kappa shape index (κ3) is 4.88. The minimum atomic E-state index is 0.106. The first-order valence-corrected chi connectivity index (χ1v) is 7.08. The third-order valence-electron chi connectivity index (χ3n) is 2.74. The van der Waals surface area contributed by atoms with Gasteiger partial charge in [-0.2, -0.15) is 0 Å². The molecule has 0 aromatic carbocycles. The molecule has 0 saturated heterocycles. The monoisotopic (exact) mass is 254 g/mol. The van der Waals surface area contributed by atoms with E-state index >= 15 is 0 Å². The standard InChI is InChI=1S/C13H22N2OS/c1-3-5-11(12-6-4-7-17-12)15-13(16)8-10(2)9-14/h4,6-7,10-11H,3,5,8-9,14H2,1-2H3,(H,15,16). The molecule has 2 unspecified atom stereocenters. The van der Waals surface area contributed by atoms with Crippen molar-refractivity contribution < 1.29 is 4.79 Å². The molecule has 0 aliphatic carbocycles. The SMILES string of the molecule is CCCC(NC(=O)CC(C)CN)c1cccs1. The van der Waals surface area contributed by atoms with Crippen molar-refractivity contribution >= 4 is 17.2 Å². The van der Waals surface area contributed by atoms with Crippen molar-refractivity contribution in [1.82, 2.24) is 5.32 Å². The van der Waals surface area contributed by atoms with Crippen LogP contribution in [0.2, 0.25) is 0 Å². The van der Waals surface area contributed by atoms with Gasteiger partial charge in [-0.1, -0.05) is 26.3 Å². The Labute approximate surface area is 107 Å². The Morgan fingerprint density at radius 1 is 1.59 bits per heavy atom. The van der Waals surface area contributed by atoms with Crippen LogP contribution < -0.4 is 11.1 Å². The van der Waals surface area contributed by atoms with Crippen LogP contribution in [0.15, 0.2) is 17.5 Å². The van der Waals surface area contributed by atoms with Crippen LogP contribution in [0.4, 0.5) is 0 Å². The highest BCUT2D eigenvalue weighted by atomic mass is 32.1. The Kier molecular flexibility index (Phi) is 6.22. The molecule has 1 aromatic heterocycles. The Balaban J connectivity index is 2.52. The summed E-state index contributed by atoms with van der Waals surface area (Å²) in [6, 6.07) is 4.27. The molecule has 0 radical (unpaired) electrons.